The summed E-state index contributed by atoms with van der Waals surface area (Å²) in [6, 6.07) is 1.28. The zero-order valence-electron chi connectivity index (χ0n) is 4.05. The summed E-state index contributed by atoms with van der Waals surface area (Å²) < 4.78 is 0. The van der Waals surface area contributed by atoms with Crippen LogP contribution in [0.2, 0.25) is 6.04 Å². The first-order valence-corrected chi connectivity index (χ1v) is 15.0. The topological polar surface area (TPSA) is 0 Å². The minimum absolute atomic E-state index is 0.0266. The molecule has 0 nitrogen and oxygen atoms in total. The lowest BCUT2D eigenvalue weighted by Gasteiger charge is -2.07. The first-order chi connectivity index (χ1) is 3.12. The van der Waals surface area contributed by atoms with E-state index in [2.05, 4.69) is 52.8 Å². The van der Waals surface area contributed by atoms with Crippen LogP contribution in [0.25, 0.3) is 0 Å². The number of halogens is 3. The molecule has 0 aliphatic rings. The van der Waals surface area contributed by atoms with Gasteiger partial charge in [0.1, 0.15) is 7.66 Å². The highest BCUT2D eigenvalue weighted by Gasteiger charge is 2.21. The van der Waals surface area contributed by atoms with Gasteiger partial charge in [0.05, 0.1) is 0 Å². The van der Waals surface area contributed by atoms with Gasteiger partial charge in [-0.25, -0.2) is 0 Å². The Hall–Kier alpha value is 1.87. The minimum atomic E-state index is -0.971. The Morgan fingerprint density at radius 3 is 2.00 bits per heavy atom. The number of rotatable bonds is 2. The lowest BCUT2D eigenvalue weighted by atomic mass is 11.0. The third-order valence-corrected chi connectivity index (χ3v) is 35.4. The van der Waals surface area contributed by atoms with Crippen LogP contribution in [0.5, 0.6) is 0 Å². The zero-order valence-corrected chi connectivity index (χ0v) is 11.2. The van der Waals surface area contributed by atoms with Gasteiger partial charge in [-0.2, -0.15) is 0 Å². The van der Waals surface area contributed by atoms with Crippen molar-refractivity contribution in [2.24, 2.45) is 0 Å². The molecule has 5 heteroatoms. The maximum absolute atomic E-state index is 3.65. The van der Waals surface area contributed by atoms with E-state index < -0.39 is 4.83 Å². The molecule has 0 aliphatic heterocycles. The predicted octanol–water partition coefficient (Wildman–Crippen LogP) is 2.21. The van der Waals surface area contributed by atoms with Gasteiger partial charge in [-0.15, -0.1) is 45.9 Å². The lowest BCUT2D eigenvalue weighted by Crippen LogP contribution is -2.20. The van der Waals surface area contributed by atoms with Crippen LogP contribution in [0, 0.1) is 0 Å². The Bertz CT molecular complexity index is 48.9. The molecule has 0 atom stereocenters. The normalized spacial score (nSPS) is 13.7. The Balaban J connectivity index is 3.36. The largest absolute Gasteiger partial charge is 0.196 e. The first kappa shape index (κ1) is 8.87. The number of hydrogen-bond donors (Lipinski definition) is 0. The first-order valence-electron chi connectivity index (χ1n) is 2.06. The summed E-state index contributed by atoms with van der Waals surface area (Å²) in [5.74, 6) is 0. The van der Waals surface area contributed by atoms with Crippen LogP contribution < -0.4 is 0 Å². The summed E-state index contributed by atoms with van der Waals surface area (Å²) in [5.41, 5.74) is 0. The van der Waals surface area contributed by atoms with Gasteiger partial charge >= 0.3 is 0 Å². The van der Waals surface area contributed by atoms with Crippen molar-refractivity contribution in [2.75, 3.05) is 0 Å². The van der Waals surface area contributed by atoms with Crippen molar-refractivity contribution < 1.29 is 0 Å². The van der Waals surface area contributed by atoms with E-state index in [1.165, 1.54) is 6.04 Å². The van der Waals surface area contributed by atoms with E-state index in [-0.39, 0.29) is 7.66 Å². The van der Waals surface area contributed by atoms with Crippen LogP contribution in [-0.4, -0.2) is 12.5 Å². The van der Waals surface area contributed by atoms with E-state index in [4.69, 9.17) is 0 Å². The van der Waals surface area contributed by atoms with Gasteiger partial charge in [0.15, 0.2) is 4.83 Å². The van der Waals surface area contributed by atoms with Crippen molar-refractivity contribution in [3.05, 3.63) is 0 Å². The molecule has 0 heterocycles. The SMILES string of the molecule is CC[Si](Br)(Br)[SiH2]Br. The van der Waals surface area contributed by atoms with Gasteiger partial charge in [0.2, 0.25) is 0 Å². The van der Waals surface area contributed by atoms with Gasteiger partial charge in [0, 0.05) is 0 Å². The summed E-state index contributed by atoms with van der Waals surface area (Å²) in [4.78, 5) is -0.971. The van der Waals surface area contributed by atoms with E-state index in [0.29, 0.717) is 0 Å². The zero-order chi connectivity index (χ0) is 5.91. The van der Waals surface area contributed by atoms with Crippen molar-refractivity contribution in [3.8, 4) is 0 Å². The second-order valence-corrected chi connectivity index (χ2v) is 32.0. The molecule has 0 unspecified atom stereocenters. The van der Waals surface area contributed by atoms with Crippen LogP contribution in [0.15, 0.2) is 0 Å². The fourth-order valence-corrected chi connectivity index (χ4v) is 4.42. The highest BCUT2D eigenvalue weighted by molar-refractivity contribution is 9.56. The van der Waals surface area contributed by atoms with Crippen molar-refractivity contribution in [1.82, 2.24) is 0 Å². The highest BCUT2D eigenvalue weighted by Crippen LogP contribution is 2.24. The quantitative estimate of drug-likeness (QED) is 0.539. The van der Waals surface area contributed by atoms with E-state index in [0.717, 1.165) is 0 Å². The fraction of sp³-hybridized carbons (Fsp3) is 1.00. The second kappa shape index (κ2) is 3.82. The third kappa shape index (κ3) is 4.38. The van der Waals surface area contributed by atoms with Gasteiger partial charge in [-0.1, -0.05) is 6.92 Å². The predicted molar refractivity (Wildman–Crippen MR) is 51.6 cm³/mol. The molecule has 7 heavy (non-hydrogen) atoms. The van der Waals surface area contributed by atoms with Crippen molar-refractivity contribution in [3.63, 3.8) is 0 Å². The monoisotopic (exact) mass is 324 g/mol. The van der Waals surface area contributed by atoms with Gasteiger partial charge in [-0.3, -0.25) is 0 Å². The summed E-state index contributed by atoms with van der Waals surface area (Å²) in [7, 11) is 0.0266. The standard InChI is InChI=1S/C2H7Br3Si2/c1-2-7(4,5)6-3/h2,6H2,1H3. The Morgan fingerprint density at radius 1 is 1.57 bits per heavy atom. The van der Waals surface area contributed by atoms with Crippen LogP contribution in [0.4, 0.5) is 0 Å². The molecule has 0 fully saturated rings. The molecule has 0 rings (SSSR count). The molecule has 44 valence electrons. The fourth-order valence-electron chi connectivity index (χ4n) is 0.0945. The number of hydrogen-bond acceptors (Lipinski definition) is 0. The van der Waals surface area contributed by atoms with Crippen LogP contribution in [0.3, 0.4) is 0 Å². The molecule has 0 aliphatic carbocycles. The maximum Gasteiger partial charge on any atom is 0.196 e. The molecule has 0 bridgehead atoms. The molecule has 0 aromatic heterocycles. The van der Waals surface area contributed by atoms with E-state index >= 15 is 0 Å². The van der Waals surface area contributed by atoms with Crippen molar-refractivity contribution in [2.45, 2.75) is 13.0 Å². The second-order valence-electron chi connectivity index (χ2n) is 1.34. The van der Waals surface area contributed by atoms with E-state index in [1.807, 2.05) is 0 Å². The Kier molecular flexibility index (Phi) is 4.84. The molecular weight excluding hydrogens is 320 g/mol. The highest BCUT2D eigenvalue weighted by atomic mass is 79.9. The molecule has 0 radical (unpaired) electrons. The molecular formula is C2H7Br3Si2. The Morgan fingerprint density at radius 2 is 2.00 bits per heavy atom. The molecule has 0 aromatic rings. The molecule has 0 N–H and O–H groups in total. The van der Waals surface area contributed by atoms with Crippen LogP contribution >= 0.6 is 45.9 Å². The van der Waals surface area contributed by atoms with Gasteiger partial charge < -0.3 is 0 Å². The minimum Gasteiger partial charge on any atom is -0.137 e. The summed E-state index contributed by atoms with van der Waals surface area (Å²) in [6.45, 7) is 2.21. The molecule has 0 saturated heterocycles. The van der Waals surface area contributed by atoms with Crippen molar-refractivity contribution >= 4 is 58.4 Å². The average molecular weight is 327 g/mol. The molecule has 0 spiro atoms. The van der Waals surface area contributed by atoms with E-state index in [1.54, 1.807) is 0 Å². The van der Waals surface area contributed by atoms with Crippen LogP contribution in [-0.2, 0) is 0 Å². The van der Waals surface area contributed by atoms with Crippen molar-refractivity contribution in [1.29, 1.82) is 0 Å². The molecule has 0 amide bonds. The van der Waals surface area contributed by atoms with Gasteiger partial charge in [0.25, 0.3) is 0 Å². The lowest BCUT2D eigenvalue weighted by molar-refractivity contribution is 1.47. The average Bonchev–Trinajstić information content (AvgIpc) is 1.68. The van der Waals surface area contributed by atoms with Gasteiger partial charge in [-0.05, 0) is 6.04 Å². The summed E-state index contributed by atoms with van der Waals surface area (Å²) in [6.07, 6.45) is 0. The molecule has 0 saturated carbocycles. The summed E-state index contributed by atoms with van der Waals surface area (Å²) in [5, 5.41) is 0. The smallest absolute Gasteiger partial charge is 0.137 e. The molecule has 0 aromatic carbocycles. The maximum atomic E-state index is 3.65. The van der Waals surface area contributed by atoms with E-state index in [9.17, 15) is 0 Å². The Labute approximate surface area is 70.8 Å². The summed E-state index contributed by atoms with van der Waals surface area (Å²) >= 11 is 10.8. The third-order valence-electron chi connectivity index (χ3n) is 0.713. The van der Waals surface area contributed by atoms with Crippen LogP contribution in [0.1, 0.15) is 6.92 Å².